The fourth-order valence-corrected chi connectivity index (χ4v) is 2.62. The summed E-state index contributed by atoms with van der Waals surface area (Å²) in [5, 5.41) is 4.23. The Balaban J connectivity index is -0.000000241. The first-order chi connectivity index (χ1) is 17.5. The molecule has 0 aliphatic heterocycles. The Morgan fingerprint density at radius 1 is 0.756 bits per heavy atom. The number of carbonyl (C=O) groups excluding carboxylic acids is 2. The Bertz CT molecular complexity index is 1160. The van der Waals surface area contributed by atoms with Crippen LogP contribution in [0.25, 0.3) is 0 Å². The van der Waals surface area contributed by atoms with Crippen molar-refractivity contribution in [3.8, 4) is 0 Å². The van der Waals surface area contributed by atoms with Crippen LogP contribution >= 0.6 is 58.8 Å². The van der Waals surface area contributed by atoms with Crippen molar-refractivity contribution in [3.63, 3.8) is 0 Å². The van der Waals surface area contributed by atoms with Crippen LogP contribution < -0.4 is 46.3 Å². The average molecular weight is 690 g/mol. The Labute approximate surface area is 286 Å². The van der Waals surface area contributed by atoms with Gasteiger partial charge in [0.25, 0.3) is 5.78 Å². The number of alkyl halides is 4. The molecule has 1 amide bonds. The molecule has 0 saturated heterocycles. The molecule has 15 heteroatoms. The van der Waals surface area contributed by atoms with Gasteiger partial charge in [0.15, 0.2) is 0 Å². The molecule has 6 nitrogen and oxygen atoms in total. The average Bonchev–Trinajstić information content (AvgIpc) is 2.84. The maximum atomic E-state index is 12.0. The molecule has 0 aliphatic carbocycles. The van der Waals surface area contributed by atoms with E-state index in [1.54, 1.807) is 48.5 Å². The number of halogens is 8. The molecule has 224 valence electrons. The van der Waals surface area contributed by atoms with Crippen LogP contribution in [-0.4, -0.2) is 29.7 Å². The standard InChI is InChI=1S/C11H14ClNO.C8H5ClF3NO.C6H6ClN.CH3Cl.ClH.Na.H2O/c1-11(2,3)10(14)13-9-6-4-8(12)5-7-9;9-4-1-2-6(13)5(3-4)7(14)8(10,11)12;7-5-1-3-6(8)4-2-5;1-2;;;/h4-7H,1-3H3,(H,13,14);1-3H,13H2;1-4H,8H2;1H3;1H;;1H2/q;;;;;+1;/p-1. The van der Waals surface area contributed by atoms with E-state index in [0.29, 0.717) is 5.02 Å². The fourth-order valence-electron chi connectivity index (χ4n) is 2.19. The van der Waals surface area contributed by atoms with Gasteiger partial charge in [-0.2, -0.15) is 13.2 Å². The number of nitrogens with one attached hydrogen (secondary N) is 1. The van der Waals surface area contributed by atoms with Crippen molar-refractivity contribution in [3.05, 3.63) is 87.4 Å². The summed E-state index contributed by atoms with van der Waals surface area (Å²) in [7, 11) is 0. The van der Waals surface area contributed by atoms with E-state index in [9.17, 15) is 22.8 Å². The van der Waals surface area contributed by atoms with E-state index in [-0.39, 0.29) is 69.5 Å². The molecule has 0 unspecified atom stereocenters. The minimum absolute atomic E-state index is 0. The van der Waals surface area contributed by atoms with Crippen LogP contribution in [0.5, 0.6) is 0 Å². The van der Waals surface area contributed by atoms with Crippen LogP contribution in [0, 0.1) is 5.41 Å². The number of nitrogens with two attached hydrogens (primary N) is 2. The van der Waals surface area contributed by atoms with Gasteiger partial charge in [-0.25, -0.2) is 0 Å². The van der Waals surface area contributed by atoms with Gasteiger partial charge < -0.3 is 22.3 Å². The fraction of sp³-hybridized carbons (Fsp3) is 0.231. The molecular weight excluding hydrogens is 660 g/mol. The monoisotopic (exact) mass is 687 g/mol. The van der Waals surface area contributed by atoms with Gasteiger partial charge in [-0.1, -0.05) is 55.6 Å². The predicted molar refractivity (Wildman–Crippen MR) is 163 cm³/mol. The van der Waals surface area contributed by atoms with Crippen molar-refractivity contribution >= 4 is 87.6 Å². The van der Waals surface area contributed by atoms with Crippen molar-refractivity contribution in [1.82, 2.24) is 0 Å². The first kappa shape index (κ1) is 46.6. The normalized spacial score (nSPS) is 9.63. The van der Waals surface area contributed by atoms with E-state index in [0.717, 1.165) is 28.5 Å². The minimum atomic E-state index is -4.93. The molecule has 0 bridgehead atoms. The molecule has 6 N–H and O–H groups in total. The minimum Gasteiger partial charge on any atom is -0.870 e. The summed E-state index contributed by atoms with van der Waals surface area (Å²) in [5.74, 6) is -1.99. The Morgan fingerprint density at radius 3 is 1.51 bits per heavy atom. The van der Waals surface area contributed by atoms with Gasteiger partial charge in [0.2, 0.25) is 5.91 Å². The zero-order chi connectivity index (χ0) is 29.7. The van der Waals surface area contributed by atoms with Gasteiger partial charge >= 0.3 is 35.7 Å². The summed E-state index contributed by atoms with van der Waals surface area (Å²) >= 11 is 21.4. The predicted octanol–water partition coefficient (Wildman–Crippen LogP) is 6.02. The molecular formula is C26H30Cl5F3N3NaO3. The Hall–Kier alpha value is -1.40. The smallest absolute Gasteiger partial charge is 0.870 e. The molecule has 3 rings (SSSR count). The molecule has 0 aromatic heterocycles. The van der Waals surface area contributed by atoms with E-state index in [4.69, 9.17) is 46.3 Å². The second kappa shape index (κ2) is 22.2. The number of hydrogen-bond donors (Lipinski definition) is 3. The third-order valence-electron chi connectivity index (χ3n) is 4.17. The van der Waals surface area contributed by atoms with Crippen LogP contribution in [0.4, 0.5) is 30.2 Å². The van der Waals surface area contributed by atoms with Crippen molar-refractivity contribution in [2.45, 2.75) is 26.9 Å². The Morgan fingerprint density at radius 2 is 1.15 bits per heavy atom. The van der Waals surface area contributed by atoms with E-state index in [1.165, 1.54) is 12.4 Å². The molecule has 3 aromatic rings. The van der Waals surface area contributed by atoms with Crippen LogP contribution in [0.3, 0.4) is 0 Å². The largest absolute Gasteiger partial charge is 1.00 e. The van der Waals surface area contributed by atoms with Gasteiger partial charge in [0.1, 0.15) is 0 Å². The maximum Gasteiger partial charge on any atom is 1.00 e. The zero-order valence-electron chi connectivity index (χ0n) is 22.8. The van der Waals surface area contributed by atoms with Crippen LogP contribution in [0.15, 0.2) is 66.7 Å². The second-order valence-corrected chi connectivity index (χ2v) is 9.63. The number of carbonyl (C=O) groups is 2. The summed E-state index contributed by atoms with van der Waals surface area (Å²) in [6.07, 6.45) is -3.46. The van der Waals surface area contributed by atoms with Crippen molar-refractivity contribution in [2.75, 3.05) is 23.2 Å². The molecule has 0 saturated carbocycles. The summed E-state index contributed by atoms with van der Waals surface area (Å²) in [4.78, 5) is 22.4. The number of hydrogen-bond acceptors (Lipinski definition) is 5. The van der Waals surface area contributed by atoms with Crippen LogP contribution in [-0.2, 0) is 4.79 Å². The number of benzene rings is 3. The second-order valence-electron chi connectivity index (χ2n) is 8.32. The number of nitrogen functional groups attached to an aromatic ring is 2. The summed E-state index contributed by atoms with van der Waals surface area (Å²) in [5.41, 5.74) is 10.9. The van der Waals surface area contributed by atoms with E-state index in [1.807, 2.05) is 20.8 Å². The van der Waals surface area contributed by atoms with Gasteiger partial charge in [0.05, 0.1) is 5.56 Å². The summed E-state index contributed by atoms with van der Waals surface area (Å²) < 4.78 is 36.0. The molecule has 41 heavy (non-hydrogen) atoms. The SMILES string of the molecule is CC(C)(C)C(=O)Nc1ccc(Cl)cc1.CCl.Cl.Nc1ccc(Cl)cc1.Nc1ccc(Cl)cc1C(=O)C(F)(F)F.[Na+].[OH-]. The molecule has 0 radical (unpaired) electrons. The first-order valence-electron chi connectivity index (χ1n) is 10.6. The Kier molecular flexibility index (Phi) is 25.2. The van der Waals surface area contributed by atoms with Crippen molar-refractivity contribution in [1.29, 1.82) is 0 Å². The summed E-state index contributed by atoms with van der Waals surface area (Å²) in [6.45, 7) is 5.62. The molecule has 0 aliphatic rings. The van der Waals surface area contributed by atoms with Gasteiger partial charge in [-0.15, -0.1) is 24.0 Å². The number of amides is 1. The quantitative estimate of drug-likeness (QED) is 0.131. The summed E-state index contributed by atoms with van der Waals surface area (Å²) in [6, 6.07) is 17.5. The molecule has 0 spiro atoms. The number of Topliss-reactive ketones (excluding diaryl/α,β-unsaturated/α-hetero) is 1. The number of anilines is 3. The molecule has 0 heterocycles. The van der Waals surface area contributed by atoms with Crippen molar-refractivity contribution in [2.24, 2.45) is 5.41 Å². The van der Waals surface area contributed by atoms with Crippen LogP contribution in [0.1, 0.15) is 31.1 Å². The van der Waals surface area contributed by atoms with Gasteiger partial charge in [-0.05, 0) is 66.7 Å². The van der Waals surface area contributed by atoms with E-state index < -0.39 is 17.5 Å². The maximum absolute atomic E-state index is 12.0. The number of ketones is 1. The molecule has 0 fully saturated rings. The van der Waals surface area contributed by atoms with Crippen LogP contribution in [0.2, 0.25) is 15.1 Å². The van der Waals surface area contributed by atoms with Crippen molar-refractivity contribution < 1.29 is 57.8 Å². The van der Waals surface area contributed by atoms with Gasteiger partial charge in [0, 0.05) is 43.9 Å². The first-order valence-corrected chi connectivity index (χ1v) is 12.5. The van der Waals surface area contributed by atoms with Gasteiger partial charge in [-0.3, -0.25) is 9.59 Å². The number of rotatable bonds is 2. The third kappa shape index (κ3) is 19.4. The molecule has 0 atom stereocenters. The zero-order valence-corrected chi connectivity index (χ0v) is 28.7. The molecule has 3 aromatic carbocycles. The van der Waals surface area contributed by atoms with E-state index in [2.05, 4.69) is 16.9 Å². The topological polar surface area (TPSA) is 128 Å². The van der Waals surface area contributed by atoms with E-state index >= 15 is 0 Å². The third-order valence-corrected chi connectivity index (χ3v) is 4.91.